The van der Waals surface area contributed by atoms with Gasteiger partial charge in [-0.3, -0.25) is 0 Å². The summed E-state index contributed by atoms with van der Waals surface area (Å²) in [5.41, 5.74) is 4.22. The molecule has 1 saturated heterocycles. The van der Waals surface area contributed by atoms with Crippen LogP contribution in [0.3, 0.4) is 0 Å². The molecule has 1 fully saturated rings. The smallest absolute Gasteiger partial charge is 0.223 e. The van der Waals surface area contributed by atoms with Crippen LogP contribution in [-0.4, -0.2) is 44.7 Å². The van der Waals surface area contributed by atoms with Crippen molar-refractivity contribution in [1.82, 2.24) is 25.0 Å². The van der Waals surface area contributed by atoms with Crippen LogP contribution in [0.4, 0.5) is 10.3 Å². The van der Waals surface area contributed by atoms with Crippen molar-refractivity contribution < 1.29 is 9.13 Å². The van der Waals surface area contributed by atoms with Gasteiger partial charge in [-0.1, -0.05) is 35.5 Å². The lowest BCUT2D eigenvalue weighted by Gasteiger charge is -2.12. The first-order valence-electron chi connectivity index (χ1n) is 11.1. The summed E-state index contributed by atoms with van der Waals surface area (Å²) in [5.74, 6) is 0.630. The molecule has 1 aliphatic heterocycles. The molecule has 0 spiro atoms. The third kappa shape index (κ3) is 5.06. The Morgan fingerprint density at radius 1 is 1.06 bits per heavy atom. The van der Waals surface area contributed by atoms with Crippen LogP contribution in [0.15, 0.2) is 66.9 Å². The van der Waals surface area contributed by atoms with Crippen molar-refractivity contribution in [3.05, 3.63) is 78.2 Å². The topological polar surface area (TPSA) is 77.8 Å². The minimum atomic E-state index is -0.289. The molecule has 5 rings (SSSR count). The molecule has 0 aliphatic carbocycles. The van der Waals surface area contributed by atoms with E-state index in [2.05, 4.69) is 32.7 Å². The second-order valence-corrected chi connectivity index (χ2v) is 8.13. The van der Waals surface area contributed by atoms with Gasteiger partial charge < -0.3 is 10.1 Å². The predicted octanol–water partition coefficient (Wildman–Crippen LogP) is 4.23. The molecule has 0 bridgehead atoms. The number of hydrogen-bond acceptors (Lipinski definition) is 6. The standard InChI is InChI=1S/C25H25FN6O/c26-21-8-6-20(7-9-21)23-24(32(31-30-23)16-19-12-15-33-17-19)22-11-14-28-25(29-22)27-13-10-18-4-2-1-3-5-18/h1-9,11,14,19H,10,12-13,15-17H2,(H,27,28,29). The summed E-state index contributed by atoms with van der Waals surface area (Å²) in [6, 6.07) is 18.4. The Labute approximate surface area is 191 Å². The van der Waals surface area contributed by atoms with Crippen molar-refractivity contribution in [3.63, 3.8) is 0 Å². The molecule has 0 amide bonds. The zero-order chi connectivity index (χ0) is 22.5. The second kappa shape index (κ2) is 9.87. The van der Waals surface area contributed by atoms with Gasteiger partial charge in [-0.15, -0.1) is 5.10 Å². The molecule has 7 nitrogen and oxygen atoms in total. The molecule has 8 heteroatoms. The Kier molecular flexibility index (Phi) is 6.34. The third-order valence-electron chi connectivity index (χ3n) is 5.75. The fourth-order valence-electron chi connectivity index (χ4n) is 4.01. The van der Waals surface area contributed by atoms with Crippen LogP contribution in [0, 0.1) is 11.7 Å². The monoisotopic (exact) mass is 444 g/mol. The maximum absolute atomic E-state index is 13.5. The molecular formula is C25H25FN6O. The number of ether oxygens (including phenoxy) is 1. The molecule has 168 valence electrons. The number of nitrogens with one attached hydrogen (secondary N) is 1. The van der Waals surface area contributed by atoms with Crippen LogP contribution in [0.5, 0.6) is 0 Å². The molecule has 1 N–H and O–H groups in total. The van der Waals surface area contributed by atoms with Gasteiger partial charge in [0.2, 0.25) is 5.95 Å². The number of anilines is 1. The summed E-state index contributed by atoms with van der Waals surface area (Å²) in [6.45, 7) is 2.88. The fraction of sp³-hybridized carbons (Fsp3) is 0.280. The molecule has 0 saturated carbocycles. The quantitative estimate of drug-likeness (QED) is 0.438. The number of rotatable bonds is 8. The molecule has 1 atom stereocenters. The van der Waals surface area contributed by atoms with Gasteiger partial charge in [-0.25, -0.2) is 19.0 Å². The molecule has 3 heterocycles. The van der Waals surface area contributed by atoms with Crippen molar-refractivity contribution in [2.45, 2.75) is 19.4 Å². The first-order valence-corrected chi connectivity index (χ1v) is 11.1. The number of benzene rings is 2. The lowest BCUT2D eigenvalue weighted by Crippen LogP contribution is -2.14. The summed E-state index contributed by atoms with van der Waals surface area (Å²) in [7, 11) is 0. The van der Waals surface area contributed by atoms with Crippen LogP contribution in [0.25, 0.3) is 22.6 Å². The van der Waals surface area contributed by atoms with Gasteiger partial charge in [-0.2, -0.15) is 0 Å². The first kappa shape index (κ1) is 21.2. The van der Waals surface area contributed by atoms with Gasteiger partial charge in [0.25, 0.3) is 0 Å². The van der Waals surface area contributed by atoms with Gasteiger partial charge in [0.05, 0.1) is 12.3 Å². The highest BCUT2D eigenvalue weighted by Crippen LogP contribution is 2.31. The van der Waals surface area contributed by atoms with Crippen molar-refractivity contribution in [1.29, 1.82) is 0 Å². The molecule has 2 aromatic heterocycles. The van der Waals surface area contributed by atoms with Crippen LogP contribution < -0.4 is 5.32 Å². The van der Waals surface area contributed by atoms with E-state index >= 15 is 0 Å². The van der Waals surface area contributed by atoms with E-state index in [-0.39, 0.29) is 5.82 Å². The highest BCUT2D eigenvalue weighted by atomic mass is 19.1. The van der Waals surface area contributed by atoms with Gasteiger partial charge in [0, 0.05) is 37.4 Å². The lowest BCUT2D eigenvalue weighted by molar-refractivity contribution is 0.181. The SMILES string of the molecule is Fc1ccc(-c2nnn(CC3CCOC3)c2-c2ccnc(NCCc3ccccc3)n2)cc1. The lowest BCUT2D eigenvalue weighted by atomic mass is 10.1. The van der Waals surface area contributed by atoms with Crippen molar-refractivity contribution in [2.24, 2.45) is 5.92 Å². The highest BCUT2D eigenvalue weighted by Gasteiger charge is 2.23. The molecule has 4 aromatic rings. The van der Waals surface area contributed by atoms with Crippen molar-refractivity contribution in [3.8, 4) is 22.6 Å². The van der Waals surface area contributed by atoms with E-state index in [0.717, 1.165) is 42.9 Å². The Bertz CT molecular complexity index is 1190. The van der Waals surface area contributed by atoms with Crippen LogP contribution in [-0.2, 0) is 17.7 Å². The number of hydrogen-bond donors (Lipinski definition) is 1. The summed E-state index contributed by atoms with van der Waals surface area (Å²) < 4.78 is 20.9. The number of nitrogens with zero attached hydrogens (tertiary/aromatic N) is 5. The molecule has 1 aliphatic rings. The average Bonchev–Trinajstić information content (AvgIpc) is 3.51. The van der Waals surface area contributed by atoms with Crippen LogP contribution >= 0.6 is 0 Å². The van der Waals surface area contributed by atoms with Gasteiger partial charge >= 0.3 is 0 Å². The second-order valence-electron chi connectivity index (χ2n) is 8.13. The van der Waals surface area contributed by atoms with E-state index in [0.29, 0.717) is 30.7 Å². The third-order valence-corrected chi connectivity index (χ3v) is 5.75. The predicted molar refractivity (Wildman–Crippen MR) is 124 cm³/mol. The average molecular weight is 445 g/mol. The van der Waals surface area contributed by atoms with E-state index in [1.165, 1.54) is 17.7 Å². The van der Waals surface area contributed by atoms with Crippen molar-refractivity contribution >= 4 is 5.95 Å². The van der Waals surface area contributed by atoms with Gasteiger partial charge in [0.15, 0.2) is 0 Å². The van der Waals surface area contributed by atoms with E-state index in [9.17, 15) is 4.39 Å². The highest BCUT2D eigenvalue weighted by molar-refractivity contribution is 5.76. The van der Waals surface area contributed by atoms with Gasteiger partial charge in [-0.05, 0) is 48.7 Å². The summed E-state index contributed by atoms with van der Waals surface area (Å²) in [4.78, 5) is 9.14. The van der Waals surface area contributed by atoms with E-state index < -0.39 is 0 Å². The molecular weight excluding hydrogens is 419 g/mol. The number of aromatic nitrogens is 5. The Balaban J connectivity index is 1.43. The van der Waals surface area contributed by atoms with Crippen LogP contribution in [0.2, 0.25) is 0 Å². The maximum Gasteiger partial charge on any atom is 0.223 e. The zero-order valence-corrected chi connectivity index (χ0v) is 18.2. The maximum atomic E-state index is 13.5. The fourth-order valence-corrected chi connectivity index (χ4v) is 4.01. The number of halogens is 1. The summed E-state index contributed by atoms with van der Waals surface area (Å²) in [6.07, 6.45) is 3.59. The molecule has 2 aromatic carbocycles. The van der Waals surface area contributed by atoms with E-state index in [1.807, 2.05) is 28.9 Å². The van der Waals surface area contributed by atoms with Crippen molar-refractivity contribution in [2.75, 3.05) is 25.1 Å². The molecule has 33 heavy (non-hydrogen) atoms. The minimum absolute atomic E-state index is 0.289. The Hall–Kier alpha value is -3.65. The van der Waals surface area contributed by atoms with Crippen LogP contribution in [0.1, 0.15) is 12.0 Å². The summed E-state index contributed by atoms with van der Waals surface area (Å²) in [5, 5.41) is 12.2. The Morgan fingerprint density at radius 2 is 1.91 bits per heavy atom. The largest absolute Gasteiger partial charge is 0.381 e. The van der Waals surface area contributed by atoms with E-state index in [4.69, 9.17) is 9.72 Å². The molecule has 1 unspecified atom stereocenters. The van der Waals surface area contributed by atoms with E-state index in [1.54, 1.807) is 18.3 Å². The molecule has 0 radical (unpaired) electrons. The Morgan fingerprint density at radius 3 is 2.70 bits per heavy atom. The van der Waals surface area contributed by atoms with Gasteiger partial charge in [0.1, 0.15) is 17.2 Å². The summed E-state index contributed by atoms with van der Waals surface area (Å²) >= 11 is 0. The first-order chi connectivity index (χ1) is 16.3. The zero-order valence-electron chi connectivity index (χ0n) is 18.2. The normalized spacial score (nSPS) is 15.6. The minimum Gasteiger partial charge on any atom is -0.381 e.